The number of carbonyl (C=O) groups is 4. The van der Waals surface area contributed by atoms with Crippen LogP contribution in [0.2, 0.25) is 0 Å². The topological polar surface area (TPSA) is 144 Å². The highest BCUT2D eigenvalue weighted by Crippen LogP contribution is 2.35. The summed E-state index contributed by atoms with van der Waals surface area (Å²) in [5, 5.41) is 8.27. The van der Waals surface area contributed by atoms with Crippen LogP contribution >= 0.6 is 11.3 Å². The molecule has 4 aromatic rings. The van der Waals surface area contributed by atoms with Crippen molar-refractivity contribution in [1.82, 2.24) is 25.5 Å². The van der Waals surface area contributed by atoms with Crippen molar-refractivity contribution in [2.75, 3.05) is 13.1 Å². The smallest absolute Gasteiger partial charge is 0.408 e. The minimum atomic E-state index is -1.39. The standard InChI is InChI=1S/C35H39N5O6S/c1-22-21-47-31(38-22)27-12-9-14-40(27)32(43)26-17-24(16-25(18-26)30-36-13-15-45-30)29(42)37-20-28(41)35(5,19-23-10-7-6-8-11-23)39-33(44)46-34(2,3)4/h6-8,10-11,13,15-18,21,27H,9,12,14,19-20H2,1-5H3,(H,37,42)(H,39,44). The van der Waals surface area contributed by atoms with E-state index in [4.69, 9.17) is 9.15 Å². The lowest BCUT2D eigenvalue weighted by molar-refractivity contribution is -0.123. The van der Waals surface area contributed by atoms with Gasteiger partial charge in [0.25, 0.3) is 11.8 Å². The van der Waals surface area contributed by atoms with Gasteiger partial charge in [-0.2, -0.15) is 0 Å². The second-order valence-corrected chi connectivity index (χ2v) is 13.7. The summed E-state index contributed by atoms with van der Waals surface area (Å²) in [5.74, 6) is -1.00. The number of nitrogens with one attached hydrogen (secondary N) is 2. The van der Waals surface area contributed by atoms with E-state index >= 15 is 0 Å². The van der Waals surface area contributed by atoms with E-state index in [1.165, 1.54) is 29.9 Å². The van der Waals surface area contributed by atoms with Crippen LogP contribution in [0.4, 0.5) is 4.79 Å². The third-order valence-corrected chi connectivity index (χ3v) is 8.82. The van der Waals surface area contributed by atoms with Crippen LogP contribution in [0.1, 0.15) is 83.6 Å². The number of rotatable bonds is 10. The van der Waals surface area contributed by atoms with Crippen LogP contribution in [-0.2, 0) is 16.0 Å². The molecule has 0 aliphatic carbocycles. The Morgan fingerprint density at radius 2 is 1.81 bits per heavy atom. The van der Waals surface area contributed by atoms with Crippen LogP contribution in [0.15, 0.2) is 70.8 Å². The number of ketones is 1. The minimum Gasteiger partial charge on any atom is -0.445 e. The molecule has 0 radical (unpaired) electrons. The maximum atomic E-state index is 13.9. The molecule has 11 nitrogen and oxygen atoms in total. The lowest BCUT2D eigenvalue weighted by atomic mass is 9.88. The fraction of sp³-hybridized carbons (Fsp3) is 0.371. The summed E-state index contributed by atoms with van der Waals surface area (Å²) in [4.78, 5) is 64.6. The Labute approximate surface area is 277 Å². The third-order valence-electron chi connectivity index (χ3n) is 7.76. The summed E-state index contributed by atoms with van der Waals surface area (Å²) >= 11 is 1.53. The van der Waals surface area contributed by atoms with Crippen molar-refractivity contribution in [3.8, 4) is 11.5 Å². The molecule has 0 bridgehead atoms. The monoisotopic (exact) mass is 657 g/mol. The van der Waals surface area contributed by atoms with Crippen molar-refractivity contribution in [3.63, 3.8) is 0 Å². The Hall–Kier alpha value is -4.84. The van der Waals surface area contributed by atoms with E-state index in [0.29, 0.717) is 12.1 Å². The lowest BCUT2D eigenvalue weighted by Gasteiger charge is -2.31. The minimum absolute atomic E-state index is 0.152. The highest BCUT2D eigenvalue weighted by molar-refractivity contribution is 7.09. The Balaban J connectivity index is 1.37. The number of thiazole rings is 1. The molecular weight excluding hydrogens is 618 g/mol. The zero-order chi connectivity index (χ0) is 33.8. The first-order valence-electron chi connectivity index (χ1n) is 15.5. The van der Waals surface area contributed by atoms with Gasteiger partial charge in [-0.25, -0.2) is 14.8 Å². The van der Waals surface area contributed by atoms with Gasteiger partial charge in [-0.15, -0.1) is 11.3 Å². The molecule has 3 amide bonds. The van der Waals surface area contributed by atoms with E-state index in [0.717, 1.165) is 29.1 Å². The van der Waals surface area contributed by atoms with E-state index in [9.17, 15) is 19.2 Å². The number of aryl methyl sites for hydroxylation is 1. The summed E-state index contributed by atoms with van der Waals surface area (Å²) in [5.41, 5.74) is 0.452. The maximum absolute atomic E-state index is 13.9. The van der Waals surface area contributed by atoms with Gasteiger partial charge in [-0.1, -0.05) is 30.3 Å². The van der Waals surface area contributed by atoms with Crippen molar-refractivity contribution < 1.29 is 28.3 Å². The zero-order valence-corrected chi connectivity index (χ0v) is 28.0. The Bertz CT molecular complexity index is 1750. The number of oxazole rings is 1. The van der Waals surface area contributed by atoms with Crippen molar-refractivity contribution in [3.05, 3.63) is 93.8 Å². The maximum Gasteiger partial charge on any atom is 0.408 e. The van der Waals surface area contributed by atoms with Crippen LogP contribution in [0.5, 0.6) is 0 Å². The molecule has 3 heterocycles. The number of amides is 3. The van der Waals surface area contributed by atoms with Crippen LogP contribution in [0.25, 0.3) is 11.5 Å². The predicted octanol–water partition coefficient (Wildman–Crippen LogP) is 5.91. The molecule has 2 aromatic carbocycles. The number of hydrogen-bond donors (Lipinski definition) is 2. The number of likely N-dealkylation sites (tertiary alicyclic amines) is 1. The summed E-state index contributed by atoms with van der Waals surface area (Å²) in [6.07, 6.45) is 3.96. The number of alkyl carbamates (subject to hydrolysis) is 1. The molecule has 47 heavy (non-hydrogen) atoms. The first-order chi connectivity index (χ1) is 22.3. The van der Waals surface area contributed by atoms with E-state index < -0.39 is 28.9 Å². The number of Topliss-reactive ketones (excluding diaryl/α,β-unsaturated/α-hetero) is 1. The van der Waals surface area contributed by atoms with Gasteiger partial charge in [0.05, 0.1) is 18.8 Å². The van der Waals surface area contributed by atoms with Gasteiger partial charge in [0.1, 0.15) is 22.4 Å². The number of benzene rings is 2. The molecule has 5 rings (SSSR count). The molecule has 2 atom stereocenters. The quantitative estimate of drug-likeness (QED) is 0.214. The van der Waals surface area contributed by atoms with Crippen LogP contribution < -0.4 is 10.6 Å². The fourth-order valence-corrected chi connectivity index (χ4v) is 6.48. The second kappa shape index (κ2) is 13.9. The van der Waals surface area contributed by atoms with Gasteiger partial charge in [-0.3, -0.25) is 14.4 Å². The number of hydrogen-bond acceptors (Lipinski definition) is 9. The molecular formula is C35H39N5O6S. The van der Waals surface area contributed by atoms with Crippen LogP contribution in [-0.4, -0.2) is 62.8 Å². The van der Waals surface area contributed by atoms with Crippen LogP contribution in [0.3, 0.4) is 0 Å². The number of carbonyl (C=O) groups excluding carboxylic acids is 4. The van der Waals surface area contributed by atoms with Gasteiger partial charge in [0.15, 0.2) is 5.78 Å². The van der Waals surface area contributed by atoms with Crippen molar-refractivity contribution in [1.29, 1.82) is 0 Å². The van der Waals surface area contributed by atoms with E-state index in [1.807, 2.05) is 42.6 Å². The summed E-state index contributed by atoms with van der Waals surface area (Å²) < 4.78 is 10.9. The third kappa shape index (κ3) is 8.31. The molecule has 1 aliphatic rings. The predicted molar refractivity (Wildman–Crippen MR) is 177 cm³/mol. The molecule has 2 aromatic heterocycles. The molecule has 0 spiro atoms. The number of aromatic nitrogens is 2. The fourth-order valence-electron chi connectivity index (χ4n) is 5.53. The second-order valence-electron chi connectivity index (χ2n) is 12.8. The molecule has 0 saturated carbocycles. The van der Waals surface area contributed by atoms with Gasteiger partial charge in [0.2, 0.25) is 5.89 Å². The lowest BCUT2D eigenvalue weighted by Crippen LogP contribution is -2.57. The van der Waals surface area contributed by atoms with E-state index in [-0.39, 0.29) is 41.9 Å². The van der Waals surface area contributed by atoms with Crippen LogP contribution in [0, 0.1) is 6.92 Å². The van der Waals surface area contributed by atoms with Gasteiger partial charge in [-0.05, 0) is 71.2 Å². The summed E-state index contributed by atoms with van der Waals surface area (Å²) in [6.45, 7) is 8.91. The molecule has 2 unspecified atom stereocenters. The van der Waals surface area contributed by atoms with Crippen molar-refractivity contribution in [2.45, 2.75) is 71.1 Å². The molecule has 246 valence electrons. The van der Waals surface area contributed by atoms with E-state index in [1.54, 1.807) is 44.7 Å². The van der Waals surface area contributed by atoms with Gasteiger partial charge >= 0.3 is 6.09 Å². The van der Waals surface area contributed by atoms with Crippen molar-refractivity contribution >= 4 is 35.0 Å². The molecule has 1 fully saturated rings. The van der Waals surface area contributed by atoms with Crippen molar-refractivity contribution in [2.24, 2.45) is 0 Å². The Kier molecular flexibility index (Phi) is 9.90. The molecule has 1 saturated heterocycles. The number of nitrogens with zero attached hydrogens (tertiary/aromatic N) is 3. The zero-order valence-electron chi connectivity index (χ0n) is 27.2. The van der Waals surface area contributed by atoms with Gasteiger partial charge < -0.3 is 24.7 Å². The molecule has 1 aliphatic heterocycles. The number of ether oxygens (including phenoxy) is 1. The summed E-state index contributed by atoms with van der Waals surface area (Å²) in [7, 11) is 0. The molecule has 2 N–H and O–H groups in total. The van der Waals surface area contributed by atoms with E-state index in [2.05, 4.69) is 20.6 Å². The van der Waals surface area contributed by atoms with Gasteiger partial charge in [0, 0.05) is 40.7 Å². The largest absolute Gasteiger partial charge is 0.445 e. The average Bonchev–Trinajstić information content (AvgIpc) is 3.81. The average molecular weight is 658 g/mol. The Morgan fingerprint density at radius 1 is 1.06 bits per heavy atom. The highest BCUT2D eigenvalue weighted by atomic mass is 32.1. The highest BCUT2D eigenvalue weighted by Gasteiger charge is 2.37. The first kappa shape index (κ1) is 33.5. The molecule has 12 heteroatoms. The summed E-state index contributed by atoms with van der Waals surface area (Å²) in [6, 6.07) is 13.8. The first-order valence-corrected chi connectivity index (χ1v) is 16.3. The SMILES string of the molecule is Cc1csc(C2CCCN2C(=O)c2cc(C(=O)NCC(=O)C(C)(Cc3ccccc3)NC(=O)OC(C)(C)C)cc(-c3ncco3)c2)n1. The normalized spacial score (nSPS) is 15.9. The Morgan fingerprint density at radius 3 is 2.47 bits per heavy atom.